The molecule has 2 aromatic heterocycles. The lowest BCUT2D eigenvalue weighted by atomic mass is 10.0. The fourth-order valence-corrected chi connectivity index (χ4v) is 4.58. The zero-order valence-electron chi connectivity index (χ0n) is 12.3. The number of thiophene rings is 2. The van der Waals surface area contributed by atoms with Gasteiger partial charge in [-0.1, -0.05) is 26.0 Å². The Labute approximate surface area is 127 Å². The normalized spacial score (nSPS) is 11.0. The van der Waals surface area contributed by atoms with Crippen molar-refractivity contribution in [3.63, 3.8) is 0 Å². The maximum atomic E-state index is 2.31. The second-order valence-corrected chi connectivity index (χ2v) is 7.34. The van der Waals surface area contributed by atoms with Gasteiger partial charge in [0, 0.05) is 29.9 Å². The fourth-order valence-electron chi connectivity index (χ4n) is 2.70. The lowest BCUT2D eigenvalue weighted by molar-refractivity contribution is 1.50. The van der Waals surface area contributed by atoms with E-state index >= 15 is 0 Å². The lowest BCUT2D eigenvalue weighted by Crippen LogP contribution is -1.73. The van der Waals surface area contributed by atoms with E-state index in [1.807, 2.05) is 36.5 Å². The summed E-state index contributed by atoms with van der Waals surface area (Å²) in [5, 5.41) is 5.59. The molecule has 0 nitrogen and oxygen atoms in total. The quantitative estimate of drug-likeness (QED) is 0.331. The molecule has 0 aliphatic rings. The van der Waals surface area contributed by atoms with Gasteiger partial charge in [0.25, 0.3) is 0 Å². The van der Waals surface area contributed by atoms with Gasteiger partial charge in [-0.25, -0.2) is 0 Å². The van der Waals surface area contributed by atoms with Crippen molar-refractivity contribution in [1.29, 1.82) is 0 Å². The maximum Gasteiger partial charge on any atom is 0.0352 e. The summed E-state index contributed by atoms with van der Waals surface area (Å²) in [6, 6.07) is 13.7. The Balaban J connectivity index is 0.000000581. The molecule has 0 radical (unpaired) electrons. The van der Waals surface area contributed by atoms with Crippen molar-refractivity contribution in [3.8, 4) is 0 Å². The first-order chi connectivity index (χ1) is 9.72. The van der Waals surface area contributed by atoms with Gasteiger partial charge in [-0.05, 0) is 48.9 Å². The molecule has 0 saturated heterocycles. The highest BCUT2D eigenvalue weighted by atomic mass is 32.1. The van der Waals surface area contributed by atoms with Crippen molar-refractivity contribution < 1.29 is 0 Å². The van der Waals surface area contributed by atoms with Crippen LogP contribution >= 0.6 is 22.7 Å². The van der Waals surface area contributed by atoms with Crippen molar-refractivity contribution >= 4 is 53.6 Å². The number of benzene rings is 2. The average Bonchev–Trinajstić information content (AvgIpc) is 3.01. The topological polar surface area (TPSA) is 0 Å². The van der Waals surface area contributed by atoms with E-state index in [2.05, 4.69) is 50.2 Å². The molecule has 0 amide bonds. The highest BCUT2D eigenvalue weighted by Gasteiger charge is 2.08. The summed E-state index contributed by atoms with van der Waals surface area (Å²) in [4.78, 5) is 2.78. The summed E-state index contributed by atoms with van der Waals surface area (Å²) >= 11 is 3.76. The molecular weight excluding hydrogens is 280 g/mol. The van der Waals surface area contributed by atoms with Gasteiger partial charge >= 0.3 is 0 Å². The average molecular weight is 298 g/mol. The summed E-state index contributed by atoms with van der Waals surface area (Å²) in [6.07, 6.45) is 0. The van der Waals surface area contributed by atoms with Gasteiger partial charge < -0.3 is 0 Å². The van der Waals surface area contributed by atoms with Crippen LogP contribution in [0.3, 0.4) is 0 Å². The first-order valence-electron chi connectivity index (χ1n) is 7.04. The first-order valence-corrected chi connectivity index (χ1v) is 8.68. The van der Waals surface area contributed by atoms with E-state index in [9.17, 15) is 0 Å². The minimum atomic E-state index is 1.39. The maximum absolute atomic E-state index is 2.31. The lowest BCUT2D eigenvalue weighted by Gasteiger charge is -2.01. The largest absolute Gasteiger partial charge is 0.141 e. The van der Waals surface area contributed by atoms with E-state index in [-0.39, 0.29) is 0 Å². The molecule has 0 atom stereocenters. The van der Waals surface area contributed by atoms with Gasteiger partial charge in [0.1, 0.15) is 0 Å². The van der Waals surface area contributed by atoms with Gasteiger partial charge in [-0.2, -0.15) is 0 Å². The molecule has 102 valence electrons. The molecular formula is C18H18S2. The van der Waals surface area contributed by atoms with Gasteiger partial charge in [-0.15, -0.1) is 22.7 Å². The number of hydrogen-bond acceptors (Lipinski definition) is 2. The molecule has 4 rings (SSSR count). The van der Waals surface area contributed by atoms with Crippen LogP contribution in [0.4, 0.5) is 0 Å². The minimum absolute atomic E-state index is 1.39. The SMILES string of the molecule is CC.Cc1cc2c(ccc3c4cc(C)sc4ccc23)s1. The molecule has 2 aromatic carbocycles. The third-order valence-electron chi connectivity index (χ3n) is 3.44. The molecule has 20 heavy (non-hydrogen) atoms. The molecule has 0 aliphatic carbocycles. The summed E-state index contributed by atoms with van der Waals surface area (Å²) < 4.78 is 2.79. The van der Waals surface area contributed by atoms with E-state index < -0.39 is 0 Å². The minimum Gasteiger partial charge on any atom is -0.141 e. The predicted molar refractivity (Wildman–Crippen MR) is 95.5 cm³/mol. The van der Waals surface area contributed by atoms with E-state index in [1.165, 1.54) is 40.7 Å². The monoisotopic (exact) mass is 298 g/mol. The van der Waals surface area contributed by atoms with E-state index in [1.54, 1.807) is 0 Å². The van der Waals surface area contributed by atoms with Crippen LogP contribution in [-0.4, -0.2) is 0 Å². The van der Waals surface area contributed by atoms with Crippen LogP contribution in [0.15, 0.2) is 36.4 Å². The first kappa shape index (κ1) is 13.6. The summed E-state index contributed by atoms with van der Waals surface area (Å²) in [6.45, 7) is 8.37. The summed E-state index contributed by atoms with van der Waals surface area (Å²) in [7, 11) is 0. The highest BCUT2D eigenvalue weighted by molar-refractivity contribution is 7.19. The smallest absolute Gasteiger partial charge is 0.0352 e. The van der Waals surface area contributed by atoms with Crippen LogP contribution in [0, 0.1) is 13.8 Å². The Morgan fingerprint density at radius 2 is 1.00 bits per heavy atom. The second kappa shape index (κ2) is 5.19. The molecule has 2 heteroatoms. The van der Waals surface area contributed by atoms with Crippen LogP contribution in [0.2, 0.25) is 0 Å². The number of aryl methyl sites for hydroxylation is 2. The molecule has 2 heterocycles. The van der Waals surface area contributed by atoms with Gasteiger partial charge in [0.15, 0.2) is 0 Å². The Morgan fingerprint density at radius 1 is 0.600 bits per heavy atom. The third-order valence-corrected chi connectivity index (χ3v) is 5.47. The zero-order valence-corrected chi connectivity index (χ0v) is 13.9. The molecule has 0 spiro atoms. The van der Waals surface area contributed by atoms with Crippen LogP contribution in [0.5, 0.6) is 0 Å². The Bertz CT molecular complexity index is 818. The van der Waals surface area contributed by atoms with Crippen LogP contribution < -0.4 is 0 Å². The second-order valence-electron chi connectivity index (χ2n) is 4.76. The Kier molecular flexibility index (Phi) is 3.53. The van der Waals surface area contributed by atoms with Crippen LogP contribution in [-0.2, 0) is 0 Å². The zero-order chi connectivity index (χ0) is 14.3. The molecule has 0 bridgehead atoms. The molecule has 0 saturated carbocycles. The highest BCUT2D eigenvalue weighted by Crippen LogP contribution is 2.37. The van der Waals surface area contributed by atoms with E-state index in [0.717, 1.165) is 0 Å². The van der Waals surface area contributed by atoms with Crippen LogP contribution in [0.1, 0.15) is 23.6 Å². The molecule has 0 fully saturated rings. The van der Waals surface area contributed by atoms with Gasteiger partial charge in [-0.3, -0.25) is 0 Å². The summed E-state index contributed by atoms with van der Waals surface area (Å²) in [5.41, 5.74) is 0. The number of rotatable bonds is 0. The van der Waals surface area contributed by atoms with E-state index in [0.29, 0.717) is 0 Å². The Morgan fingerprint density at radius 3 is 1.40 bits per heavy atom. The summed E-state index contributed by atoms with van der Waals surface area (Å²) in [5.74, 6) is 0. The van der Waals surface area contributed by atoms with Gasteiger partial charge in [0.05, 0.1) is 0 Å². The van der Waals surface area contributed by atoms with Gasteiger partial charge in [0.2, 0.25) is 0 Å². The van der Waals surface area contributed by atoms with Crippen molar-refractivity contribution in [1.82, 2.24) is 0 Å². The third kappa shape index (κ3) is 2.04. The predicted octanol–water partition coefficient (Wildman–Crippen LogP) is 6.91. The molecule has 0 N–H and O–H groups in total. The van der Waals surface area contributed by atoms with Crippen LogP contribution in [0.25, 0.3) is 30.9 Å². The number of hydrogen-bond donors (Lipinski definition) is 0. The molecule has 0 aliphatic heterocycles. The fraction of sp³-hybridized carbons (Fsp3) is 0.222. The van der Waals surface area contributed by atoms with Crippen molar-refractivity contribution in [3.05, 3.63) is 46.2 Å². The van der Waals surface area contributed by atoms with E-state index in [4.69, 9.17) is 0 Å². The number of fused-ring (bicyclic) bond motifs is 5. The molecule has 4 aromatic rings. The Hall–Kier alpha value is -1.38. The standard InChI is InChI=1S/C16H12S2.C2H6/c1-9-7-13-11-4-6-16-14(8-10(2)18-16)12(11)3-5-15(13)17-9;1-2/h3-8H,1-2H3;1-2H3. The molecule has 0 unspecified atom stereocenters. The van der Waals surface area contributed by atoms with Crippen molar-refractivity contribution in [2.45, 2.75) is 27.7 Å². The van der Waals surface area contributed by atoms with Crippen molar-refractivity contribution in [2.24, 2.45) is 0 Å². The van der Waals surface area contributed by atoms with Crippen molar-refractivity contribution in [2.75, 3.05) is 0 Å².